The molecule has 110 valence electrons. The number of benzene rings is 1. The van der Waals surface area contributed by atoms with Crippen molar-refractivity contribution in [3.05, 3.63) is 42.1 Å². The Morgan fingerprint density at radius 1 is 1.19 bits per heavy atom. The van der Waals surface area contributed by atoms with Crippen molar-refractivity contribution in [1.82, 2.24) is 9.88 Å². The summed E-state index contributed by atoms with van der Waals surface area (Å²) in [6.07, 6.45) is 5.69. The molecule has 1 aliphatic rings. The minimum absolute atomic E-state index is 0.0778. The molecule has 1 fully saturated rings. The van der Waals surface area contributed by atoms with E-state index < -0.39 is 0 Å². The van der Waals surface area contributed by atoms with Gasteiger partial charge in [-0.2, -0.15) is 0 Å². The number of amides is 1. The lowest BCUT2D eigenvalue weighted by Gasteiger charge is -2.33. The zero-order valence-corrected chi connectivity index (χ0v) is 12.3. The molecule has 1 saturated carbocycles. The topological polar surface area (TPSA) is 59.2 Å². The first-order valence-electron chi connectivity index (χ1n) is 7.53. The minimum atomic E-state index is 0.0778. The van der Waals surface area contributed by atoms with Gasteiger partial charge in [0.2, 0.25) is 0 Å². The lowest BCUT2D eigenvalue weighted by molar-refractivity contribution is 0.0692. The van der Waals surface area contributed by atoms with Crippen molar-refractivity contribution in [3.63, 3.8) is 0 Å². The molecule has 1 aliphatic carbocycles. The van der Waals surface area contributed by atoms with Gasteiger partial charge in [-0.05, 0) is 37.8 Å². The molecule has 0 saturated heterocycles. The Labute approximate surface area is 125 Å². The predicted molar refractivity (Wildman–Crippen MR) is 84.1 cm³/mol. The lowest BCUT2D eigenvalue weighted by Crippen LogP contribution is -2.41. The summed E-state index contributed by atoms with van der Waals surface area (Å²) in [6.45, 7) is 0. The highest BCUT2D eigenvalue weighted by Crippen LogP contribution is 2.24. The zero-order chi connectivity index (χ0) is 14.8. The number of aromatic nitrogens is 1. The van der Waals surface area contributed by atoms with E-state index in [4.69, 9.17) is 5.73 Å². The molecule has 1 aromatic heterocycles. The summed E-state index contributed by atoms with van der Waals surface area (Å²) in [5.41, 5.74) is 7.54. The first-order valence-corrected chi connectivity index (χ1v) is 7.53. The third kappa shape index (κ3) is 2.76. The number of pyridine rings is 1. The van der Waals surface area contributed by atoms with Crippen LogP contribution in [0.5, 0.6) is 0 Å². The highest BCUT2D eigenvalue weighted by Gasteiger charge is 2.26. The molecule has 0 radical (unpaired) electrons. The van der Waals surface area contributed by atoms with Crippen LogP contribution in [0.2, 0.25) is 0 Å². The van der Waals surface area contributed by atoms with Gasteiger partial charge in [-0.15, -0.1) is 0 Å². The number of hydrogen-bond acceptors (Lipinski definition) is 3. The van der Waals surface area contributed by atoms with Gasteiger partial charge in [-0.3, -0.25) is 9.78 Å². The smallest absolute Gasteiger partial charge is 0.254 e. The van der Waals surface area contributed by atoms with Gasteiger partial charge in [-0.1, -0.05) is 18.2 Å². The number of fused-ring (bicyclic) bond motifs is 1. The van der Waals surface area contributed by atoms with Crippen molar-refractivity contribution < 1.29 is 4.79 Å². The Kier molecular flexibility index (Phi) is 3.88. The quantitative estimate of drug-likeness (QED) is 0.921. The third-order valence-electron chi connectivity index (χ3n) is 4.49. The fraction of sp³-hybridized carbons (Fsp3) is 0.412. The van der Waals surface area contributed by atoms with E-state index in [0.29, 0.717) is 12.1 Å². The standard InChI is InChI=1S/C17H21N3O/c1-20(13-8-6-12(18)7-9-13)17(21)15-10-11-19-16-5-3-2-4-14(15)16/h2-5,10-13H,6-9,18H2,1H3. The van der Waals surface area contributed by atoms with Crippen molar-refractivity contribution in [2.45, 2.75) is 37.8 Å². The molecule has 1 amide bonds. The van der Waals surface area contributed by atoms with Crippen LogP contribution in [0, 0.1) is 0 Å². The van der Waals surface area contributed by atoms with E-state index in [2.05, 4.69) is 4.98 Å². The number of rotatable bonds is 2. The average molecular weight is 283 g/mol. The number of nitrogens with zero attached hydrogens (tertiary/aromatic N) is 2. The molecule has 1 aromatic carbocycles. The molecule has 2 aromatic rings. The number of hydrogen-bond donors (Lipinski definition) is 1. The molecular formula is C17H21N3O. The lowest BCUT2D eigenvalue weighted by atomic mass is 9.90. The Balaban J connectivity index is 1.86. The van der Waals surface area contributed by atoms with Crippen molar-refractivity contribution in [1.29, 1.82) is 0 Å². The molecule has 0 spiro atoms. The van der Waals surface area contributed by atoms with Gasteiger partial charge < -0.3 is 10.6 Å². The highest BCUT2D eigenvalue weighted by atomic mass is 16.2. The number of carbonyl (C=O) groups excluding carboxylic acids is 1. The van der Waals surface area contributed by atoms with Crippen LogP contribution in [0.1, 0.15) is 36.0 Å². The molecule has 1 heterocycles. The fourth-order valence-electron chi connectivity index (χ4n) is 3.13. The van der Waals surface area contributed by atoms with Crippen molar-refractivity contribution in [3.8, 4) is 0 Å². The second-order valence-electron chi connectivity index (χ2n) is 5.86. The van der Waals surface area contributed by atoms with Crippen LogP contribution >= 0.6 is 0 Å². The second-order valence-corrected chi connectivity index (χ2v) is 5.86. The number of carbonyl (C=O) groups is 1. The van der Waals surface area contributed by atoms with E-state index in [0.717, 1.165) is 42.1 Å². The molecule has 2 N–H and O–H groups in total. The van der Waals surface area contributed by atoms with E-state index in [1.54, 1.807) is 6.20 Å². The highest BCUT2D eigenvalue weighted by molar-refractivity contribution is 6.05. The number of para-hydroxylation sites is 1. The van der Waals surface area contributed by atoms with Gasteiger partial charge in [-0.25, -0.2) is 0 Å². The van der Waals surface area contributed by atoms with Crippen molar-refractivity contribution in [2.24, 2.45) is 5.73 Å². The largest absolute Gasteiger partial charge is 0.339 e. The molecular weight excluding hydrogens is 262 g/mol. The molecule has 0 bridgehead atoms. The summed E-state index contributed by atoms with van der Waals surface area (Å²) in [7, 11) is 1.90. The number of nitrogens with two attached hydrogens (primary N) is 1. The minimum Gasteiger partial charge on any atom is -0.339 e. The molecule has 0 unspecified atom stereocenters. The van der Waals surface area contributed by atoms with Crippen molar-refractivity contribution in [2.75, 3.05) is 7.05 Å². The monoisotopic (exact) mass is 283 g/mol. The first kappa shape index (κ1) is 14.0. The van der Waals surface area contributed by atoms with Crippen LogP contribution in [0.15, 0.2) is 36.5 Å². The third-order valence-corrected chi connectivity index (χ3v) is 4.49. The van der Waals surface area contributed by atoms with Crippen LogP contribution < -0.4 is 5.73 Å². The Hall–Kier alpha value is -1.94. The predicted octanol–water partition coefficient (Wildman–Crippen LogP) is 2.58. The maximum Gasteiger partial charge on any atom is 0.254 e. The van der Waals surface area contributed by atoms with E-state index in [-0.39, 0.29) is 5.91 Å². The summed E-state index contributed by atoms with van der Waals surface area (Å²) < 4.78 is 0. The molecule has 21 heavy (non-hydrogen) atoms. The van der Waals surface area contributed by atoms with Gasteiger partial charge in [0.1, 0.15) is 0 Å². The van der Waals surface area contributed by atoms with Crippen molar-refractivity contribution >= 4 is 16.8 Å². The van der Waals surface area contributed by atoms with Gasteiger partial charge in [0.25, 0.3) is 5.91 Å². The van der Waals surface area contributed by atoms with Crippen LogP contribution in [-0.2, 0) is 0 Å². The van der Waals surface area contributed by atoms with Crippen LogP contribution in [0.3, 0.4) is 0 Å². The van der Waals surface area contributed by atoms with Crippen LogP contribution in [0.25, 0.3) is 10.9 Å². The van der Waals surface area contributed by atoms with E-state index >= 15 is 0 Å². The molecule has 3 rings (SSSR count). The SMILES string of the molecule is CN(C(=O)c1ccnc2ccccc12)C1CCC(N)CC1. The van der Waals surface area contributed by atoms with E-state index in [9.17, 15) is 4.79 Å². The van der Waals surface area contributed by atoms with Gasteiger partial charge in [0.05, 0.1) is 11.1 Å². The van der Waals surface area contributed by atoms with Crippen LogP contribution in [-0.4, -0.2) is 34.9 Å². The summed E-state index contributed by atoms with van der Waals surface area (Å²) >= 11 is 0. The maximum absolute atomic E-state index is 12.8. The molecule has 4 heteroatoms. The molecule has 4 nitrogen and oxygen atoms in total. The first-order chi connectivity index (χ1) is 10.2. The zero-order valence-electron chi connectivity index (χ0n) is 12.3. The summed E-state index contributed by atoms with van der Waals surface area (Å²) in [5, 5.41) is 0.921. The van der Waals surface area contributed by atoms with Gasteiger partial charge in [0.15, 0.2) is 0 Å². The molecule has 0 atom stereocenters. The normalized spacial score (nSPS) is 22.2. The Bertz CT molecular complexity index is 642. The van der Waals surface area contributed by atoms with E-state index in [1.807, 2.05) is 42.3 Å². The molecule has 0 aliphatic heterocycles. The van der Waals surface area contributed by atoms with Gasteiger partial charge >= 0.3 is 0 Å². The van der Waals surface area contributed by atoms with Gasteiger partial charge in [0, 0.05) is 30.7 Å². The Morgan fingerprint density at radius 3 is 2.67 bits per heavy atom. The van der Waals surface area contributed by atoms with Crippen LogP contribution in [0.4, 0.5) is 0 Å². The summed E-state index contributed by atoms with van der Waals surface area (Å²) in [6, 6.07) is 10.2. The Morgan fingerprint density at radius 2 is 1.90 bits per heavy atom. The summed E-state index contributed by atoms with van der Waals surface area (Å²) in [4.78, 5) is 19.0. The maximum atomic E-state index is 12.8. The summed E-state index contributed by atoms with van der Waals surface area (Å²) in [5.74, 6) is 0.0778. The van der Waals surface area contributed by atoms with E-state index in [1.165, 1.54) is 0 Å². The fourth-order valence-corrected chi connectivity index (χ4v) is 3.13. The second kappa shape index (κ2) is 5.82. The average Bonchev–Trinajstić information content (AvgIpc) is 2.53.